The van der Waals surface area contributed by atoms with E-state index in [9.17, 15) is 4.79 Å². The molecule has 3 nitrogen and oxygen atoms in total. The van der Waals surface area contributed by atoms with Gasteiger partial charge in [-0.1, -0.05) is 40.5 Å². The van der Waals surface area contributed by atoms with Crippen molar-refractivity contribution in [2.24, 2.45) is 0 Å². The van der Waals surface area contributed by atoms with Gasteiger partial charge in [-0.25, -0.2) is 0 Å². The van der Waals surface area contributed by atoms with Crippen LogP contribution in [0, 0.1) is 0 Å². The van der Waals surface area contributed by atoms with Gasteiger partial charge >= 0.3 is 0 Å². The van der Waals surface area contributed by atoms with E-state index in [1.165, 1.54) is 16.7 Å². The van der Waals surface area contributed by atoms with Crippen LogP contribution in [-0.4, -0.2) is 36.1 Å². The van der Waals surface area contributed by atoms with Gasteiger partial charge in [0.05, 0.1) is 0 Å². The van der Waals surface area contributed by atoms with Crippen LogP contribution in [0.5, 0.6) is 0 Å². The highest BCUT2D eigenvalue weighted by atomic mass is 16.3. The molecule has 0 aromatic carbocycles. The molecule has 0 heterocycles. The molecule has 0 bridgehead atoms. The van der Waals surface area contributed by atoms with Crippen molar-refractivity contribution in [3.8, 4) is 0 Å². The predicted molar refractivity (Wildman–Crippen MR) is 118 cm³/mol. The minimum Gasteiger partial charge on any atom is -0.396 e. The second-order valence-corrected chi connectivity index (χ2v) is 7.83. The third kappa shape index (κ3) is 15.2. The van der Waals surface area contributed by atoms with Gasteiger partial charge in [-0.05, 0) is 79.6 Å². The fourth-order valence-electron chi connectivity index (χ4n) is 2.70. The Morgan fingerprint density at radius 2 is 1.30 bits per heavy atom. The van der Waals surface area contributed by atoms with Gasteiger partial charge in [0.2, 0.25) is 5.91 Å². The molecule has 0 aliphatic rings. The van der Waals surface area contributed by atoms with E-state index in [1.54, 1.807) is 18.0 Å². The van der Waals surface area contributed by atoms with Crippen LogP contribution in [0.15, 0.2) is 46.6 Å². The number of nitrogens with zero attached hydrogens (tertiary/aromatic N) is 1. The van der Waals surface area contributed by atoms with Crippen molar-refractivity contribution in [3.05, 3.63) is 46.6 Å². The third-order valence-electron chi connectivity index (χ3n) is 4.55. The molecule has 1 N–H and O–H groups in total. The number of allylic oxidation sites excluding steroid dienone is 7. The first-order chi connectivity index (χ1) is 12.8. The quantitative estimate of drug-likeness (QED) is 0.318. The van der Waals surface area contributed by atoms with Crippen LogP contribution in [0.3, 0.4) is 0 Å². The largest absolute Gasteiger partial charge is 0.396 e. The molecule has 0 saturated heterocycles. The van der Waals surface area contributed by atoms with Gasteiger partial charge < -0.3 is 10.0 Å². The normalized spacial score (nSPS) is 12.9. The van der Waals surface area contributed by atoms with Crippen molar-refractivity contribution < 1.29 is 9.90 Å². The molecule has 0 aromatic heterocycles. The SMILES string of the molecule is CC(C)=CCCC(C)=CCCC(C)=CCCC(C)=CC(=O)N(C)CCCO. The molecule has 0 spiro atoms. The van der Waals surface area contributed by atoms with Crippen molar-refractivity contribution in [1.29, 1.82) is 0 Å². The van der Waals surface area contributed by atoms with Crippen LogP contribution in [0.2, 0.25) is 0 Å². The molecule has 27 heavy (non-hydrogen) atoms. The van der Waals surface area contributed by atoms with E-state index in [1.807, 2.05) is 6.92 Å². The van der Waals surface area contributed by atoms with Crippen LogP contribution in [0.1, 0.15) is 79.6 Å². The average molecular weight is 376 g/mol. The summed E-state index contributed by atoms with van der Waals surface area (Å²) in [6.07, 6.45) is 15.7. The number of carbonyl (C=O) groups excluding carboxylic acids is 1. The Labute approximate surface area is 167 Å². The lowest BCUT2D eigenvalue weighted by Crippen LogP contribution is -2.26. The maximum atomic E-state index is 12.0. The van der Waals surface area contributed by atoms with E-state index in [4.69, 9.17) is 5.11 Å². The summed E-state index contributed by atoms with van der Waals surface area (Å²) in [4.78, 5) is 13.7. The van der Waals surface area contributed by atoms with E-state index in [2.05, 4.69) is 45.9 Å². The van der Waals surface area contributed by atoms with Gasteiger partial charge in [0, 0.05) is 26.3 Å². The highest BCUT2D eigenvalue weighted by Crippen LogP contribution is 2.13. The lowest BCUT2D eigenvalue weighted by Gasteiger charge is -2.14. The summed E-state index contributed by atoms with van der Waals surface area (Å²) in [5.74, 6) is 0.0235. The lowest BCUT2D eigenvalue weighted by molar-refractivity contribution is -0.124. The van der Waals surface area contributed by atoms with Crippen molar-refractivity contribution in [2.75, 3.05) is 20.2 Å². The predicted octanol–water partition coefficient (Wildman–Crippen LogP) is 5.97. The molecule has 0 aliphatic heterocycles. The molecule has 0 aliphatic carbocycles. The highest BCUT2D eigenvalue weighted by Gasteiger charge is 2.05. The summed E-state index contributed by atoms with van der Waals surface area (Å²) in [5.41, 5.74) is 5.39. The van der Waals surface area contributed by atoms with E-state index in [-0.39, 0.29) is 12.5 Å². The molecule has 1 amide bonds. The summed E-state index contributed by atoms with van der Waals surface area (Å²) in [6.45, 7) is 11.4. The van der Waals surface area contributed by atoms with Crippen molar-refractivity contribution in [3.63, 3.8) is 0 Å². The minimum absolute atomic E-state index is 0.0235. The Morgan fingerprint density at radius 1 is 0.815 bits per heavy atom. The summed E-state index contributed by atoms with van der Waals surface area (Å²) in [6, 6.07) is 0. The number of amides is 1. The molecule has 3 heteroatoms. The number of hydrogen-bond acceptors (Lipinski definition) is 2. The molecule has 0 fully saturated rings. The summed E-state index contributed by atoms with van der Waals surface area (Å²) < 4.78 is 0. The number of carbonyl (C=O) groups is 1. The Kier molecular flexibility index (Phi) is 14.5. The zero-order chi connectivity index (χ0) is 20.7. The lowest BCUT2D eigenvalue weighted by atomic mass is 10.0. The first-order valence-corrected chi connectivity index (χ1v) is 10.2. The molecule has 0 atom stereocenters. The van der Waals surface area contributed by atoms with Crippen LogP contribution in [-0.2, 0) is 4.79 Å². The third-order valence-corrected chi connectivity index (χ3v) is 4.55. The maximum absolute atomic E-state index is 12.0. The number of aliphatic hydroxyl groups excluding tert-OH is 1. The van der Waals surface area contributed by atoms with Gasteiger partial charge in [-0.3, -0.25) is 4.79 Å². The van der Waals surface area contributed by atoms with Crippen molar-refractivity contribution in [1.82, 2.24) is 4.90 Å². The highest BCUT2D eigenvalue weighted by molar-refractivity contribution is 5.88. The van der Waals surface area contributed by atoms with Crippen LogP contribution in [0.4, 0.5) is 0 Å². The number of rotatable bonds is 13. The Bertz CT molecular complexity index is 549. The second-order valence-electron chi connectivity index (χ2n) is 7.83. The summed E-state index contributed by atoms with van der Waals surface area (Å²) in [5, 5.41) is 8.83. The Balaban J connectivity index is 4.18. The average Bonchev–Trinajstić information content (AvgIpc) is 2.59. The van der Waals surface area contributed by atoms with Crippen molar-refractivity contribution in [2.45, 2.75) is 79.6 Å². The topological polar surface area (TPSA) is 40.5 Å². The molecular weight excluding hydrogens is 334 g/mol. The zero-order valence-electron chi connectivity index (χ0n) is 18.5. The fourth-order valence-corrected chi connectivity index (χ4v) is 2.70. The molecule has 0 rings (SSSR count). The first-order valence-electron chi connectivity index (χ1n) is 10.2. The fraction of sp³-hybridized carbons (Fsp3) is 0.625. The molecule has 0 radical (unpaired) electrons. The molecule has 0 unspecified atom stereocenters. The van der Waals surface area contributed by atoms with Gasteiger partial charge in [0.15, 0.2) is 0 Å². The van der Waals surface area contributed by atoms with E-state index < -0.39 is 0 Å². The van der Waals surface area contributed by atoms with Gasteiger partial charge in [-0.15, -0.1) is 0 Å². The summed E-state index contributed by atoms with van der Waals surface area (Å²) in [7, 11) is 1.78. The van der Waals surface area contributed by atoms with E-state index in [0.29, 0.717) is 13.0 Å². The Hall–Kier alpha value is -1.61. The van der Waals surface area contributed by atoms with Crippen molar-refractivity contribution >= 4 is 5.91 Å². The van der Waals surface area contributed by atoms with Crippen LogP contribution >= 0.6 is 0 Å². The summed E-state index contributed by atoms with van der Waals surface area (Å²) >= 11 is 0. The van der Waals surface area contributed by atoms with Gasteiger partial charge in [0.25, 0.3) is 0 Å². The van der Waals surface area contributed by atoms with E-state index >= 15 is 0 Å². The zero-order valence-corrected chi connectivity index (χ0v) is 18.5. The molecule has 154 valence electrons. The molecule has 0 aromatic rings. The molecule has 0 saturated carbocycles. The Morgan fingerprint density at radius 3 is 1.78 bits per heavy atom. The standard InChI is InChI=1S/C24H41NO2/c1-20(2)11-7-12-21(3)13-8-14-22(4)15-9-16-23(5)19-24(27)25(6)17-10-18-26/h11,13,15,19,26H,7-10,12,14,16-18H2,1-6H3. The van der Waals surface area contributed by atoms with Crippen LogP contribution < -0.4 is 0 Å². The second kappa shape index (κ2) is 15.4. The first kappa shape index (κ1) is 25.4. The number of hydrogen-bond donors (Lipinski definition) is 1. The number of aliphatic hydroxyl groups is 1. The van der Waals surface area contributed by atoms with E-state index in [0.717, 1.165) is 44.1 Å². The van der Waals surface area contributed by atoms with Gasteiger partial charge in [0.1, 0.15) is 0 Å². The molecular formula is C24H41NO2. The van der Waals surface area contributed by atoms with Gasteiger partial charge in [-0.2, -0.15) is 0 Å². The monoisotopic (exact) mass is 375 g/mol. The maximum Gasteiger partial charge on any atom is 0.246 e. The van der Waals surface area contributed by atoms with Crippen LogP contribution in [0.25, 0.3) is 0 Å². The smallest absolute Gasteiger partial charge is 0.246 e. The number of likely N-dealkylation sites (N-methyl/N-ethyl adjacent to an activating group) is 1. The minimum atomic E-state index is 0.0235.